The molecule has 3 aromatic rings. The Balaban J connectivity index is 1.85. The number of hydrogen-bond acceptors (Lipinski definition) is 5. The average molecular weight is 333 g/mol. The molecule has 0 atom stereocenters. The number of nitrogens with zero attached hydrogens (tertiary/aromatic N) is 3. The summed E-state index contributed by atoms with van der Waals surface area (Å²) < 4.78 is 0. The van der Waals surface area contributed by atoms with Crippen molar-refractivity contribution in [2.75, 3.05) is 10.6 Å². The van der Waals surface area contributed by atoms with Crippen molar-refractivity contribution in [1.29, 1.82) is 0 Å². The molecule has 1 aromatic heterocycles. The molecule has 3 rings (SSSR count). The highest BCUT2D eigenvalue weighted by Gasteiger charge is 2.18. The summed E-state index contributed by atoms with van der Waals surface area (Å²) in [5, 5.41) is 14.8. The molecule has 0 saturated heterocycles. The fraction of sp³-hybridized carbons (Fsp3) is 0.250. The fourth-order valence-corrected chi connectivity index (χ4v) is 2.63. The Morgan fingerprint density at radius 1 is 0.840 bits per heavy atom. The van der Waals surface area contributed by atoms with Gasteiger partial charge in [-0.3, -0.25) is 0 Å². The molecule has 0 aliphatic carbocycles. The highest BCUT2D eigenvalue weighted by Crippen LogP contribution is 2.30. The van der Waals surface area contributed by atoms with E-state index in [4.69, 9.17) is 0 Å². The number of aryl methyl sites for hydroxylation is 1. The van der Waals surface area contributed by atoms with Gasteiger partial charge in [0.05, 0.1) is 6.20 Å². The molecule has 0 bridgehead atoms. The van der Waals surface area contributed by atoms with E-state index in [0.717, 1.165) is 16.9 Å². The summed E-state index contributed by atoms with van der Waals surface area (Å²) in [7, 11) is 0. The van der Waals surface area contributed by atoms with Crippen molar-refractivity contribution >= 4 is 23.1 Å². The van der Waals surface area contributed by atoms with Gasteiger partial charge in [0.1, 0.15) is 0 Å². The zero-order chi connectivity index (χ0) is 17.9. The molecule has 0 saturated carbocycles. The second-order valence-electron chi connectivity index (χ2n) is 7.03. The Hall–Kier alpha value is -2.95. The maximum absolute atomic E-state index is 4.53. The minimum Gasteiger partial charge on any atom is -0.339 e. The molecule has 0 aliphatic heterocycles. The number of para-hydroxylation sites is 2. The third-order valence-electron chi connectivity index (χ3n) is 3.95. The summed E-state index contributed by atoms with van der Waals surface area (Å²) in [6.07, 6.45) is 1.62. The molecule has 0 aliphatic rings. The number of benzene rings is 2. The maximum atomic E-state index is 4.53. The van der Waals surface area contributed by atoms with Crippen LogP contribution in [0.1, 0.15) is 31.9 Å². The van der Waals surface area contributed by atoms with Crippen LogP contribution in [0, 0.1) is 6.92 Å². The van der Waals surface area contributed by atoms with E-state index in [0.29, 0.717) is 11.8 Å². The first kappa shape index (κ1) is 16.9. The van der Waals surface area contributed by atoms with E-state index in [1.165, 1.54) is 5.56 Å². The van der Waals surface area contributed by atoms with Crippen LogP contribution < -0.4 is 10.6 Å². The first-order valence-electron chi connectivity index (χ1n) is 8.32. The number of hydrogen-bond donors (Lipinski definition) is 2. The van der Waals surface area contributed by atoms with E-state index in [1.807, 2.05) is 36.4 Å². The van der Waals surface area contributed by atoms with Gasteiger partial charge >= 0.3 is 0 Å². The van der Waals surface area contributed by atoms with Crippen molar-refractivity contribution in [1.82, 2.24) is 15.2 Å². The summed E-state index contributed by atoms with van der Waals surface area (Å²) in [5.41, 5.74) is 4.37. The number of aromatic nitrogens is 3. The van der Waals surface area contributed by atoms with E-state index >= 15 is 0 Å². The summed E-state index contributed by atoms with van der Waals surface area (Å²) in [6, 6.07) is 16.3. The molecule has 0 fully saturated rings. The van der Waals surface area contributed by atoms with Gasteiger partial charge < -0.3 is 10.6 Å². The molecule has 2 aromatic carbocycles. The molecule has 0 spiro atoms. The predicted molar refractivity (Wildman–Crippen MR) is 103 cm³/mol. The Bertz CT molecular complexity index is 868. The molecule has 0 unspecified atom stereocenters. The van der Waals surface area contributed by atoms with Gasteiger partial charge in [-0.05, 0) is 35.6 Å². The van der Waals surface area contributed by atoms with Gasteiger partial charge in [-0.15, -0.1) is 5.10 Å². The normalized spacial score (nSPS) is 11.2. The topological polar surface area (TPSA) is 62.7 Å². The van der Waals surface area contributed by atoms with Crippen molar-refractivity contribution in [2.45, 2.75) is 33.1 Å². The summed E-state index contributed by atoms with van der Waals surface area (Å²) in [4.78, 5) is 4.53. The van der Waals surface area contributed by atoms with Crippen LogP contribution >= 0.6 is 0 Å². The van der Waals surface area contributed by atoms with Gasteiger partial charge in [-0.2, -0.15) is 10.1 Å². The van der Waals surface area contributed by atoms with Gasteiger partial charge in [0.2, 0.25) is 5.95 Å². The minimum atomic E-state index is 0.0219. The van der Waals surface area contributed by atoms with Gasteiger partial charge in [0.25, 0.3) is 0 Å². The lowest BCUT2D eigenvalue weighted by molar-refractivity contribution is 0.592. The molecule has 5 nitrogen and oxygen atoms in total. The molecule has 128 valence electrons. The van der Waals surface area contributed by atoms with Gasteiger partial charge in [-0.25, -0.2) is 0 Å². The molecule has 25 heavy (non-hydrogen) atoms. The molecule has 0 radical (unpaired) electrons. The smallest absolute Gasteiger partial charge is 0.249 e. The maximum Gasteiger partial charge on any atom is 0.249 e. The van der Waals surface area contributed by atoms with Gasteiger partial charge in [-0.1, -0.05) is 57.2 Å². The standard InChI is InChI=1S/C20H23N5/c1-14-9-5-7-11-16(14)22-18-13-21-25-19(24-18)23-17-12-8-6-10-15(17)20(2,3)4/h5-13H,1-4H3,(H2,22,23,24,25). The van der Waals surface area contributed by atoms with Crippen molar-refractivity contribution in [3.05, 3.63) is 65.9 Å². The lowest BCUT2D eigenvalue weighted by atomic mass is 9.86. The van der Waals surface area contributed by atoms with Crippen molar-refractivity contribution in [3.8, 4) is 0 Å². The summed E-state index contributed by atoms with van der Waals surface area (Å²) >= 11 is 0. The van der Waals surface area contributed by atoms with Gasteiger partial charge in [0.15, 0.2) is 5.82 Å². The van der Waals surface area contributed by atoms with Crippen LogP contribution in [-0.2, 0) is 5.41 Å². The Morgan fingerprint density at radius 3 is 2.24 bits per heavy atom. The van der Waals surface area contributed by atoms with Gasteiger partial charge in [0, 0.05) is 11.4 Å². The minimum absolute atomic E-state index is 0.0219. The van der Waals surface area contributed by atoms with Crippen molar-refractivity contribution in [2.24, 2.45) is 0 Å². The SMILES string of the molecule is Cc1ccccc1Nc1cnnc(Nc2ccccc2C(C)(C)C)n1. The van der Waals surface area contributed by atoms with Crippen LogP contribution in [0.3, 0.4) is 0 Å². The van der Waals surface area contributed by atoms with Crippen LogP contribution in [0.4, 0.5) is 23.1 Å². The van der Waals surface area contributed by atoms with Crippen molar-refractivity contribution < 1.29 is 0 Å². The first-order chi connectivity index (χ1) is 11.9. The second-order valence-corrected chi connectivity index (χ2v) is 7.03. The molecular formula is C20H23N5. The Morgan fingerprint density at radius 2 is 1.52 bits per heavy atom. The van der Waals surface area contributed by atoms with E-state index < -0.39 is 0 Å². The molecule has 2 N–H and O–H groups in total. The predicted octanol–water partition coefficient (Wildman–Crippen LogP) is 4.96. The van der Waals surface area contributed by atoms with E-state index in [1.54, 1.807) is 6.20 Å². The van der Waals surface area contributed by atoms with E-state index in [-0.39, 0.29) is 5.41 Å². The quantitative estimate of drug-likeness (QED) is 0.706. The Labute approximate surface area is 148 Å². The summed E-state index contributed by atoms with van der Waals surface area (Å²) in [5.74, 6) is 1.12. The highest BCUT2D eigenvalue weighted by molar-refractivity contribution is 5.63. The zero-order valence-corrected chi connectivity index (χ0v) is 15.0. The zero-order valence-electron chi connectivity index (χ0n) is 15.0. The number of nitrogens with one attached hydrogen (secondary N) is 2. The third kappa shape index (κ3) is 4.12. The van der Waals surface area contributed by atoms with Crippen LogP contribution in [0.2, 0.25) is 0 Å². The highest BCUT2D eigenvalue weighted by atomic mass is 15.3. The van der Waals surface area contributed by atoms with Crippen LogP contribution in [-0.4, -0.2) is 15.2 Å². The second kappa shape index (κ2) is 6.89. The van der Waals surface area contributed by atoms with Crippen LogP contribution in [0.25, 0.3) is 0 Å². The van der Waals surface area contributed by atoms with E-state index in [9.17, 15) is 0 Å². The number of anilines is 4. The molecular weight excluding hydrogens is 310 g/mol. The summed E-state index contributed by atoms with van der Waals surface area (Å²) in [6.45, 7) is 8.60. The van der Waals surface area contributed by atoms with Crippen molar-refractivity contribution in [3.63, 3.8) is 0 Å². The first-order valence-corrected chi connectivity index (χ1v) is 8.32. The Kier molecular flexibility index (Phi) is 4.65. The number of rotatable bonds is 4. The van der Waals surface area contributed by atoms with Crippen LogP contribution in [0.5, 0.6) is 0 Å². The molecule has 1 heterocycles. The lowest BCUT2D eigenvalue weighted by Gasteiger charge is -2.22. The van der Waals surface area contributed by atoms with Crippen LogP contribution in [0.15, 0.2) is 54.7 Å². The fourth-order valence-electron chi connectivity index (χ4n) is 2.63. The lowest BCUT2D eigenvalue weighted by Crippen LogP contribution is -2.14. The molecule has 5 heteroatoms. The van der Waals surface area contributed by atoms with E-state index in [2.05, 4.69) is 65.6 Å². The largest absolute Gasteiger partial charge is 0.339 e. The average Bonchev–Trinajstić information content (AvgIpc) is 2.57. The monoisotopic (exact) mass is 333 g/mol. The molecule has 0 amide bonds. The third-order valence-corrected chi connectivity index (χ3v) is 3.95.